The van der Waals surface area contributed by atoms with Gasteiger partial charge < -0.3 is 5.32 Å². The standard InChI is InChI=1S/C13H15F3N4/c1-3-17-6-10-4-5-12(19-9(10)2)20-8-11(7-18-20)13(14,15)16/h4-5,7-8,17H,3,6H2,1-2H3. The van der Waals surface area contributed by atoms with Gasteiger partial charge in [0, 0.05) is 18.4 Å². The fourth-order valence-corrected chi connectivity index (χ4v) is 1.75. The smallest absolute Gasteiger partial charge is 0.313 e. The first kappa shape index (κ1) is 14.5. The number of rotatable bonds is 4. The maximum Gasteiger partial charge on any atom is 0.419 e. The minimum absolute atomic E-state index is 0.373. The van der Waals surface area contributed by atoms with Crippen molar-refractivity contribution in [3.63, 3.8) is 0 Å². The van der Waals surface area contributed by atoms with E-state index < -0.39 is 11.7 Å². The minimum Gasteiger partial charge on any atom is -0.313 e. The second-order valence-corrected chi connectivity index (χ2v) is 4.37. The summed E-state index contributed by atoms with van der Waals surface area (Å²) in [5.41, 5.74) is 1.000. The zero-order valence-corrected chi connectivity index (χ0v) is 11.2. The summed E-state index contributed by atoms with van der Waals surface area (Å²) in [7, 11) is 0. The number of nitrogens with zero attached hydrogens (tertiary/aromatic N) is 3. The molecule has 0 fully saturated rings. The largest absolute Gasteiger partial charge is 0.419 e. The number of alkyl halides is 3. The topological polar surface area (TPSA) is 42.7 Å². The van der Waals surface area contributed by atoms with Gasteiger partial charge in [-0.2, -0.15) is 18.3 Å². The van der Waals surface area contributed by atoms with Crippen LogP contribution in [0.4, 0.5) is 13.2 Å². The van der Waals surface area contributed by atoms with E-state index >= 15 is 0 Å². The number of halogens is 3. The number of aromatic nitrogens is 3. The third kappa shape index (κ3) is 3.16. The average Bonchev–Trinajstić information content (AvgIpc) is 2.86. The van der Waals surface area contributed by atoms with Crippen LogP contribution in [0.2, 0.25) is 0 Å². The Balaban J connectivity index is 2.25. The SMILES string of the molecule is CCNCc1ccc(-n2cc(C(F)(F)F)cn2)nc1C. The summed E-state index contributed by atoms with van der Waals surface area (Å²) in [4.78, 5) is 4.28. The summed E-state index contributed by atoms with van der Waals surface area (Å²) < 4.78 is 38.7. The average molecular weight is 284 g/mol. The molecule has 0 atom stereocenters. The fourth-order valence-electron chi connectivity index (χ4n) is 1.75. The van der Waals surface area contributed by atoms with Crippen molar-refractivity contribution in [3.8, 4) is 5.82 Å². The number of aryl methyl sites for hydroxylation is 1. The Morgan fingerprint density at radius 1 is 1.30 bits per heavy atom. The van der Waals surface area contributed by atoms with Gasteiger partial charge in [0.1, 0.15) is 0 Å². The monoisotopic (exact) mass is 284 g/mol. The summed E-state index contributed by atoms with van der Waals surface area (Å²) in [6.07, 6.45) is -2.66. The Hall–Kier alpha value is -1.89. The van der Waals surface area contributed by atoms with Gasteiger partial charge in [-0.3, -0.25) is 0 Å². The lowest BCUT2D eigenvalue weighted by molar-refractivity contribution is -0.137. The summed E-state index contributed by atoms with van der Waals surface area (Å²) in [5, 5.41) is 6.88. The van der Waals surface area contributed by atoms with Crippen molar-refractivity contribution in [1.82, 2.24) is 20.1 Å². The lowest BCUT2D eigenvalue weighted by Crippen LogP contribution is -2.13. The molecule has 108 valence electrons. The molecule has 0 aliphatic heterocycles. The Bertz CT molecular complexity index is 590. The second kappa shape index (κ2) is 5.62. The predicted molar refractivity (Wildman–Crippen MR) is 68.5 cm³/mol. The van der Waals surface area contributed by atoms with E-state index in [1.165, 1.54) is 0 Å². The highest BCUT2D eigenvalue weighted by Gasteiger charge is 2.32. The van der Waals surface area contributed by atoms with E-state index in [1.807, 2.05) is 19.9 Å². The van der Waals surface area contributed by atoms with E-state index in [9.17, 15) is 13.2 Å². The molecule has 0 aromatic carbocycles. The first-order chi connectivity index (χ1) is 9.41. The molecule has 0 radical (unpaired) electrons. The van der Waals surface area contributed by atoms with Crippen molar-refractivity contribution in [2.45, 2.75) is 26.6 Å². The normalized spacial score (nSPS) is 11.8. The van der Waals surface area contributed by atoms with Crippen molar-refractivity contribution in [1.29, 1.82) is 0 Å². The molecule has 7 heteroatoms. The quantitative estimate of drug-likeness (QED) is 0.938. The van der Waals surface area contributed by atoms with E-state index in [0.29, 0.717) is 12.4 Å². The maximum absolute atomic E-state index is 12.5. The Labute approximate surface area is 114 Å². The number of nitrogens with one attached hydrogen (secondary N) is 1. The van der Waals surface area contributed by atoms with Gasteiger partial charge in [0.25, 0.3) is 0 Å². The number of pyridine rings is 1. The van der Waals surface area contributed by atoms with E-state index in [1.54, 1.807) is 6.07 Å². The van der Waals surface area contributed by atoms with Gasteiger partial charge in [0.15, 0.2) is 5.82 Å². The van der Waals surface area contributed by atoms with Crippen LogP contribution in [0.25, 0.3) is 5.82 Å². The highest BCUT2D eigenvalue weighted by Crippen LogP contribution is 2.29. The van der Waals surface area contributed by atoms with Gasteiger partial charge in [-0.05, 0) is 25.1 Å². The van der Waals surface area contributed by atoms with Crippen LogP contribution in [0.5, 0.6) is 0 Å². The van der Waals surface area contributed by atoms with Crippen LogP contribution in [0.1, 0.15) is 23.7 Å². The van der Waals surface area contributed by atoms with Crippen LogP contribution < -0.4 is 5.32 Å². The van der Waals surface area contributed by atoms with Crippen molar-refractivity contribution >= 4 is 0 Å². The van der Waals surface area contributed by atoms with Gasteiger partial charge in [-0.25, -0.2) is 9.67 Å². The van der Waals surface area contributed by atoms with Gasteiger partial charge in [0.05, 0.1) is 11.8 Å². The molecule has 0 saturated carbocycles. The van der Waals surface area contributed by atoms with Gasteiger partial charge in [-0.15, -0.1) is 0 Å². The first-order valence-corrected chi connectivity index (χ1v) is 6.21. The van der Waals surface area contributed by atoms with Crippen LogP contribution in [-0.4, -0.2) is 21.3 Å². The van der Waals surface area contributed by atoms with E-state index in [0.717, 1.165) is 34.9 Å². The summed E-state index contributed by atoms with van der Waals surface area (Å²) in [6.45, 7) is 5.35. The summed E-state index contributed by atoms with van der Waals surface area (Å²) in [5.74, 6) is 0.373. The van der Waals surface area contributed by atoms with Crippen molar-refractivity contribution in [2.24, 2.45) is 0 Å². The molecule has 0 saturated heterocycles. The Morgan fingerprint density at radius 2 is 2.05 bits per heavy atom. The maximum atomic E-state index is 12.5. The van der Waals surface area contributed by atoms with Crippen LogP contribution in [0, 0.1) is 6.92 Å². The molecule has 0 bridgehead atoms. The molecule has 0 amide bonds. The first-order valence-electron chi connectivity index (χ1n) is 6.21. The molecular weight excluding hydrogens is 269 g/mol. The van der Waals surface area contributed by atoms with Crippen LogP contribution in [0.15, 0.2) is 24.5 Å². The van der Waals surface area contributed by atoms with E-state index in [-0.39, 0.29) is 0 Å². The zero-order valence-electron chi connectivity index (χ0n) is 11.2. The van der Waals surface area contributed by atoms with Crippen molar-refractivity contribution < 1.29 is 13.2 Å². The molecule has 0 unspecified atom stereocenters. The van der Waals surface area contributed by atoms with Crippen LogP contribution >= 0.6 is 0 Å². The molecule has 0 aliphatic carbocycles. The molecule has 1 N–H and O–H groups in total. The second-order valence-electron chi connectivity index (χ2n) is 4.37. The Morgan fingerprint density at radius 3 is 2.60 bits per heavy atom. The molecular formula is C13H15F3N4. The highest BCUT2D eigenvalue weighted by atomic mass is 19.4. The third-order valence-corrected chi connectivity index (χ3v) is 2.89. The molecule has 0 aliphatic rings. The lowest BCUT2D eigenvalue weighted by Gasteiger charge is -2.08. The summed E-state index contributed by atoms with van der Waals surface area (Å²) >= 11 is 0. The molecule has 20 heavy (non-hydrogen) atoms. The lowest BCUT2D eigenvalue weighted by atomic mass is 10.2. The van der Waals surface area contributed by atoms with Crippen LogP contribution in [-0.2, 0) is 12.7 Å². The molecule has 2 heterocycles. The van der Waals surface area contributed by atoms with E-state index in [2.05, 4.69) is 15.4 Å². The third-order valence-electron chi connectivity index (χ3n) is 2.89. The van der Waals surface area contributed by atoms with Gasteiger partial charge in [0.2, 0.25) is 0 Å². The van der Waals surface area contributed by atoms with Crippen molar-refractivity contribution in [2.75, 3.05) is 6.54 Å². The Kier molecular flexibility index (Phi) is 4.08. The van der Waals surface area contributed by atoms with Gasteiger partial charge >= 0.3 is 6.18 Å². The van der Waals surface area contributed by atoms with Crippen LogP contribution in [0.3, 0.4) is 0 Å². The zero-order chi connectivity index (χ0) is 14.8. The van der Waals surface area contributed by atoms with Crippen molar-refractivity contribution in [3.05, 3.63) is 41.3 Å². The predicted octanol–water partition coefficient (Wildman–Crippen LogP) is 2.70. The summed E-state index contributed by atoms with van der Waals surface area (Å²) in [6, 6.07) is 3.50. The molecule has 0 spiro atoms. The minimum atomic E-state index is -4.39. The molecule has 2 rings (SSSR count). The highest BCUT2D eigenvalue weighted by molar-refractivity contribution is 5.30. The fraction of sp³-hybridized carbons (Fsp3) is 0.385. The number of hydrogen-bond donors (Lipinski definition) is 1. The molecule has 2 aromatic rings. The number of hydrogen-bond acceptors (Lipinski definition) is 3. The molecule has 2 aromatic heterocycles. The van der Waals surface area contributed by atoms with E-state index in [4.69, 9.17) is 0 Å². The molecule has 4 nitrogen and oxygen atoms in total. The van der Waals surface area contributed by atoms with Gasteiger partial charge in [-0.1, -0.05) is 13.0 Å².